The van der Waals surface area contributed by atoms with Crippen LogP contribution >= 0.6 is 15.6 Å². The molecule has 0 spiro atoms. The van der Waals surface area contributed by atoms with E-state index in [9.17, 15) is 43.2 Å². The van der Waals surface area contributed by atoms with Crippen LogP contribution in [0.2, 0.25) is 0 Å². The summed E-state index contributed by atoms with van der Waals surface area (Å²) in [5.74, 6) is -1.43. The number of hydrogen-bond acceptors (Lipinski definition) is 15. The van der Waals surface area contributed by atoms with Gasteiger partial charge >= 0.3 is 39.5 Å². The lowest BCUT2D eigenvalue weighted by molar-refractivity contribution is -0.161. The summed E-state index contributed by atoms with van der Waals surface area (Å²) in [6, 6.07) is 0. The van der Waals surface area contributed by atoms with Gasteiger partial charge in [-0.3, -0.25) is 37.3 Å². The third-order valence-corrected chi connectivity index (χ3v) is 18.6. The maximum Gasteiger partial charge on any atom is 0.472 e. The zero-order chi connectivity index (χ0) is 68.4. The highest BCUT2D eigenvalue weighted by Gasteiger charge is 2.30. The number of carbonyl (C=O) groups is 4. The summed E-state index contributed by atoms with van der Waals surface area (Å²) in [5, 5.41) is 10.6. The second kappa shape index (κ2) is 66.8. The van der Waals surface area contributed by atoms with Crippen molar-refractivity contribution in [2.45, 2.75) is 380 Å². The number of aliphatic hydroxyl groups is 1. The van der Waals surface area contributed by atoms with Crippen LogP contribution < -0.4 is 0 Å². The second-order valence-electron chi connectivity index (χ2n) is 26.5. The molecule has 0 radical (unpaired) electrons. The van der Waals surface area contributed by atoms with Crippen LogP contribution in [0.1, 0.15) is 362 Å². The lowest BCUT2D eigenvalue weighted by Crippen LogP contribution is -2.30. The maximum absolute atomic E-state index is 13.1. The molecule has 19 heteroatoms. The van der Waals surface area contributed by atoms with Crippen LogP contribution in [-0.2, 0) is 65.4 Å². The molecule has 0 aromatic heterocycles. The fourth-order valence-corrected chi connectivity index (χ4v) is 12.4. The highest BCUT2D eigenvalue weighted by atomic mass is 31.2. The highest BCUT2D eigenvalue weighted by molar-refractivity contribution is 7.47. The molecule has 548 valence electrons. The fraction of sp³-hybridized carbons (Fsp3) is 0.892. The summed E-state index contributed by atoms with van der Waals surface area (Å²) in [4.78, 5) is 72.4. The minimum atomic E-state index is -4.96. The SMILES string of the molecule is CCCCCC/C=C\C=C/CCCCCCCC(=O)OC[C@H](COP(=O)(O)OC[C@@H](O)COP(=O)(O)OC[C@@H](COC(=O)CCCCCCC)OC(=O)CCCCCCCCCCCC(C)C)OC(=O)CCCCCCCCCCCCCCCCCCCCCCC. The van der Waals surface area contributed by atoms with Crippen LogP contribution in [0.15, 0.2) is 24.3 Å². The van der Waals surface area contributed by atoms with Crippen LogP contribution in [0.4, 0.5) is 0 Å². The predicted octanol–water partition coefficient (Wildman–Crippen LogP) is 21.2. The molecule has 0 fully saturated rings. The number of rotatable bonds is 72. The minimum absolute atomic E-state index is 0.102. The van der Waals surface area contributed by atoms with Crippen molar-refractivity contribution >= 4 is 39.5 Å². The van der Waals surface area contributed by atoms with Crippen LogP contribution in [0.3, 0.4) is 0 Å². The molecule has 3 N–H and O–H groups in total. The van der Waals surface area contributed by atoms with Gasteiger partial charge in [0.05, 0.1) is 26.4 Å². The summed E-state index contributed by atoms with van der Waals surface area (Å²) in [6.07, 6.45) is 58.3. The Morgan fingerprint density at radius 1 is 0.333 bits per heavy atom. The van der Waals surface area contributed by atoms with Crippen molar-refractivity contribution < 1.29 is 80.2 Å². The molecule has 0 aliphatic heterocycles. The number of unbranched alkanes of at least 4 members (excludes halogenated alkanes) is 41. The van der Waals surface area contributed by atoms with Crippen molar-refractivity contribution in [1.29, 1.82) is 0 Å². The lowest BCUT2D eigenvalue weighted by atomic mass is 10.0. The van der Waals surface area contributed by atoms with Crippen LogP contribution in [0.25, 0.3) is 0 Å². The van der Waals surface area contributed by atoms with E-state index in [0.29, 0.717) is 25.7 Å². The van der Waals surface area contributed by atoms with Crippen LogP contribution in [0.5, 0.6) is 0 Å². The van der Waals surface area contributed by atoms with Gasteiger partial charge in [0.1, 0.15) is 19.3 Å². The number of phosphoric acid groups is 2. The fourth-order valence-electron chi connectivity index (χ4n) is 10.8. The van der Waals surface area contributed by atoms with E-state index in [2.05, 4.69) is 58.9 Å². The third kappa shape index (κ3) is 67.9. The molecule has 0 aromatic rings. The monoisotopic (exact) mass is 1360 g/mol. The summed E-state index contributed by atoms with van der Waals surface area (Å²) in [5.41, 5.74) is 0. The number of hydrogen-bond donors (Lipinski definition) is 3. The standard InChI is InChI=1S/C74H140O17P2/c1-6-9-12-15-17-19-21-23-25-26-27-28-29-30-32-34-36-40-44-49-54-59-73(78)91-70(64-85-72(77)58-53-48-43-39-35-33-31-24-22-20-18-16-13-10-7-2)66-89-93(82,83)87-62-68(75)61-86-92(80,81)88-65-69(63-84-71(76)57-52-46-14-11-8-3)90-74(79)60-55-50-45-41-37-38-42-47-51-56-67(4)5/h20,22,24,31,67-70,75H,6-19,21,23,25-30,32-66H2,1-5H3,(H,80,81)(H,82,83)/b22-20-,31-24-/t68-,69+,70+/m0/s1. The van der Waals surface area contributed by atoms with Crippen molar-refractivity contribution in [1.82, 2.24) is 0 Å². The lowest BCUT2D eigenvalue weighted by Gasteiger charge is -2.21. The van der Waals surface area contributed by atoms with Gasteiger partial charge in [0.15, 0.2) is 12.2 Å². The number of allylic oxidation sites excluding steroid dienone is 4. The summed E-state index contributed by atoms with van der Waals surface area (Å²) in [7, 11) is -9.91. The quantitative estimate of drug-likeness (QED) is 0.0169. The van der Waals surface area contributed by atoms with E-state index >= 15 is 0 Å². The summed E-state index contributed by atoms with van der Waals surface area (Å²) >= 11 is 0. The van der Waals surface area contributed by atoms with Gasteiger partial charge < -0.3 is 33.8 Å². The molecule has 5 atom stereocenters. The highest BCUT2D eigenvalue weighted by Crippen LogP contribution is 2.45. The average molecular weight is 1360 g/mol. The number of esters is 4. The van der Waals surface area contributed by atoms with Crippen molar-refractivity contribution in [3.05, 3.63) is 24.3 Å². The van der Waals surface area contributed by atoms with Crippen molar-refractivity contribution in [2.24, 2.45) is 5.92 Å². The molecular formula is C74H140O17P2. The average Bonchev–Trinajstić information content (AvgIpc) is 3.69. The molecule has 17 nitrogen and oxygen atoms in total. The van der Waals surface area contributed by atoms with Gasteiger partial charge in [0.2, 0.25) is 0 Å². The molecule has 93 heavy (non-hydrogen) atoms. The Morgan fingerprint density at radius 3 is 0.882 bits per heavy atom. The van der Waals surface area contributed by atoms with Crippen LogP contribution in [0, 0.1) is 5.92 Å². The summed E-state index contributed by atoms with van der Waals surface area (Å²) < 4.78 is 68.1. The molecule has 0 heterocycles. The topological polar surface area (TPSA) is 237 Å². The largest absolute Gasteiger partial charge is 0.472 e. The molecule has 0 aliphatic carbocycles. The molecule has 0 bridgehead atoms. The maximum atomic E-state index is 13.1. The van der Waals surface area contributed by atoms with Gasteiger partial charge in [-0.2, -0.15) is 0 Å². The van der Waals surface area contributed by atoms with E-state index in [1.54, 1.807) is 0 Å². The number of phosphoric ester groups is 2. The Bertz CT molecular complexity index is 1880. The molecule has 0 amide bonds. The van der Waals surface area contributed by atoms with E-state index in [-0.39, 0.29) is 25.7 Å². The minimum Gasteiger partial charge on any atom is -0.462 e. The number of ether oxygens (including phenoxy) is 4. The van der Waals surface area contributed by atoms with Gasteiger partial charge in [-0.15, -0.1) is 0 Å². The molecule has 0 rings (SSSR count). The second-order valence-corrected chi connectivity index (χ2v) is 29.4. The molecule has 0 aromatic carbocycles. The zero-order valence-corrected chi connectivity index (χ0v) is 61.7. The Balaban J connectivity index is 5.16. The Labute approximate surface area is 567 Å². The van der Waals surface area contributed by atoms with Crippen molar-refractivity contribution in [3.8, 4) is 0 Å². The normalized spacial score (nSPS) is 14.2. The number of carbonyl (C=O) groups excluding carboxylic acids is 4. The zero-order valence-electron chi connectivity index (χ0n) is 59.9. The number of aliphatic hydroxyl groups excluding tert-OH is 1. The molecule has 0 saturated carbocycles. The van der Waals surface area contributed by atoms with E-state index < -0.39 is 97.5 Å². The van der Waals surface area contributed by atoms with E-state index in [1.165, 1.54) is 161 Å². The van der Waals surface area contributed by atoms with E-state index in [1.807, 2.05) is 0 Å². The predicted molar refractivity (Wildman–Crippen MR) is 377 cm³/mol. The molecule has 0 saturated heterocycles. The first kappa shape index (κ1) is 90.5. The molecular weight excluding hydrogens is 1220 g/mol. The summed E-state index contributed by atoms with van der Waals surface area (Å²) in [6.45, 7) is 7.09. The van der Waals surface area contributed by atoms with E-state index in [4.69, 9.17) is 37.0 Å². The third-order valence-electron chi connectivity index (χ3n) is 16.7. The van der Waals surface area contributed by atoms with Gasteiger partial charge in [-0.05, 0) is 57.3 Å². The van der Waals surface area contributed by atoms with E-state index in [0.717, 1.165) is 121 Å². The van der Waals surface area contributed by atoms with Crippen LogP contribution in [-0.4, -0.2) is 96.7 Å². The van der Waals surface area contributed by atoms with Gasteiger partial charge in [-0.1, -0.05) is 309 Å². The smallest absolute Gasteiger partial charge is 0.462 e. The van der Waals surface area contributed by atoms with Crippen molar-refractivity contribution in [3.63, 3.8) is 0 Å². The first-order valence-electron chi connectivity index (χ1n) is 38.0. The first-order valence-corrected chi connectivity index (χ1v) is 40.9. The molecule has 0 aliphatic rings. The molecule has 2 unspecified atom stereocenters. The van der Waals surface area contributed by atoms with Crippen molar-refractivity contribution in [2.75, 3.05) is 39.6 Å². The Morgan fingerprint density at radius 2 is 0.581 bits per heavy atom. The Hall–Kier alpha value is -2.46. The van der Waals surface area contributed by atoms with Gasteiger partial charge in [0, 0.05) is 25.7 Å². The first-order chi connectivity index (χ1) is 45.0. The Kier molecular flexibility index (Phi) is 65.0. The van der Waals surface area contributed by atoms with Gasteiger partial charge in [-0.25, -0.2) is 9.13 Å². The van der Waals surface area contributed by atoms with Gasteiger partial charge in [0.25, 0.3) is 0 Å².